The van der Waals surface area contributed by atoms with Gasteiger partial charge in [-0.1, -0.05) is 6.07 Å². The largest absolute Gasteiger partial charge is 0.451 e. The Hall–Kier alpha value is -2.56. The van der Waals surface area contributed by atoms with E-state index in [9.17, 15) is 13.2 Å². The molecule has 0 aliphatic carbocycles. The number of alkyl halides is 3. The van der Waals surface area contributed by atoms with E-state index in [1.165, 1.54) is 0 Å². The summed E-state index contributed by atoms with van der Waals surface area (Å²) in [5.41, 5.74) is 1.30. The number of anilines is 1. The molecule has 3 rings (SSSR count). The second-order valence-corrected chi connectivity index (χ2v) is 4.67. The van der Waals surface area contributed by atoms with E-state index in [1.807, 2.05) is 17.0 Å². The topological polar surface area (TPSA) is 57.7 Å². The molecule has 0 saturated heterocycles. The van der Waals surface area contributed by atoms with Gasteiger partial charge in [0.15, 0.2) is 5.82 Å². The Bertz CT molecular complexity index is 713. The van der Waals surface area contributed by atoms with Crippen LogP contribution in [0.15, 0.2) is 24.3 Å². The molecule has 0 atom stereocenters. The molecule has 0 fully saturated rings. The van der Waals surface area contributed by atoms with Crippen molar-refractivity contribution in [3.63, 3.8) is 0 Å². The Balaban J connectivity index is 1.89. The van der Waals surface area contributed by atoms with Crippen LogP contribution in [0.4, 0.5) is 18.9 Å². The van der Waals surface area contributed by atoms with Gasteiger partial charge in [0.1, 0.15) is 0 Å². The zero-order chi connectivity index (χ0) is 15.0. The predicted molar refractivity (Wildman–Crippen MR) is 67.2 cm³/mol. The van der Waals surface area contributed by atoms with Gasteiger partial charge < -0.3 is 9.47 Å². The first-order valence-electron chi connectivity index (χ1n) is 6.23. The Morgan fingerprint density at radius 2 is 2.00 bits per heavy atom. The van der Waals surface area contributed by atoms with Gasteiger partial charge in [-0.15, -0.1) is 10.2 Å². The minimum atomic E-state index is -4.49. The van der Waals surface area contributed by atoms with Gasteiger partial charge in [-0.2, -0.15) is 18.4 Å². The highest BCUT2D eigenvalue weighted by Crippen LogP contribution is 2.30. The number of benzene rings is 1. The molecule has 1 aliphatic rings. The number of rotatable bonds is 1. The van der Waals surface area contributed by atoms with Crippen molar-refractivity contribution >= 4 is 5.69 Å². The lowest BCUT2D eigenvalue weighted by molar-refractivity contribution is -0.147. The van der Waals surface area contributed by atoms with Crippen molar-refractivity contribution in [2.24, 2.45) is 0 Å². The van der Waals surface area contributed by atoms with Gasteiger partial charge in [-0.05, 0) is 18.2 Å². The van der Waals surface area contributed by atoms with Gasteiger partial charge in [0, 0.05) is 18.8 Å². The Morgan fingerprint density at radius 1 is 1.19 bits per heavy atom. The van der Waals surface area contributed by atoms with Crippen LogP contribution in [0.25, 0.3) is 0 Å². The van der Waals surface area contributed by atoms with Gasteiger partial charge in [-0.3, -0.25) is 0 Å². The average Bonchev–Trinajstić information content (AvgIpc) is 2.90. The second-order valence-electron chi connectivity index (χ2n) is 4.67. The van der Waals surface area contributed by atoms with Gasteiger partial charge in [0.2, 0.25) is 5.82 Å². The van der Waals surface area contributed by atoms with Crippen molar-refractivity contribution in [3.05, 3.63) is 41.5 Å². The number of nitrogens with zero attached hydrogens (tertiary/aromatic N) is 5. The van der Waals surface area contributed by atoms with Gasteiger partial charge in [0.05, 0.1) is 18.2 Å². The molecule has 2 heterocycles. The number of hydrogen-bond acceptors (Lipinski definition) is 4. The molecule has 108 valence electrons. The van der Waals surface area contributed by atoms with E-state index < -0.39 is 12.0 Å². The number of nitriles is 1. The van der Waals surface area contributed by atoms with E-state index in [2.05, 4.69) is 10.2 Å². The molecule has 0 amide bonds. The molecule has 0 radical (unpaired) electrons. The van der Waals surface area contributed by atoms with Crippen molar-refractivity contribution in [1.29, 1.82) is 5.26 Å². The maximum atomic E-state index is 12.8. The van der Waals surface area contributed by atoms with Crippen molar-refractivity contribution < 1.29 is 13.2 Å². The van der Waals surface area contributed by atoms with E-state index in [-0.39, 0.29) is 18.9 Å². The third kappa shape index (κ3) is 2.42. The first kappa shape index (κ1) is 13.4. The molecule has 0 saturated carbocycles. The van der Waals surface area contributed by atoms with Crippen molar-refractivity contribution in [3.8, 4) is 6.07 Å². The van der Waals surface area contributed by atoms with E-state index >= 15 is 0 Å². The molecule has 5 nitrogen and oxygen atoms in total. The van der Waals surface area contributed by atoms with Crippen LogP contribution in [0.2, 0.25) is 0 Å². The molecule has 1 aromatic heterocycles. The Labute approximate surface area is 118 Å². The monoisotopic (exact) mass is 293 g/mol. The molecule has 1 aliphatic heterocycles. The molecule has 8 heteroatoms. The van der Waals surface area contributed by atoms with Crippen LogP contribution in [-0.4, -0.2) is 21.3 Å². The first-order chi connectivity index (χ1) is 9.99. The number of halogens is 3. The molecule has 21 heavy (non-hydrogen) atoms. The zero-order valence-corrected chi connectivity index (χ0v) is 10.8. The summed E-state index contributed by atoms with van der Waals surface area (Å²) >= 11 is 0. The normalized spacial score (nSPS) is 14.7. The minimum absolute atomic E-state index is 0.161. The molecular weight excluding hydrogens is 283 g/mol. The summed E-state index contributed by atoms with van der Waals surface area (Å²) < 4.78 is 39.4. The van der Waals surface area contributed by atoms with Crippen LogP contribution in [0.3, 0.4) is 0 Å². The number of aromatic nitrogens is 3. The van der Waals surface area contributed by atoms with Crippen LogP contribution in [-0.2, 0) is 19.3 Å². The second kappa shape index (κ2) is 4.77. The maximum Gasteiger partial charge on any atom is 0.451 e. The number of hydrogen-bond donors (Lipinski definition) is 0. The summed E-state index contributed by atoms with van der Waals surface area (Å²) in [6, 6.07) is 8.99. The fourth-order valence-corrected chi connectivity index (χ4v) is 2.36. The van der Waals surface area contributed by atoms with Crippen LogP contribution in [0, 0.1) is 11.3 Å². The predicted octanol–water partition coefficient (Wildman–Crippen LogP) is 2.19. The van der Waals surface area contributed by atoms with Crippen LogP contribution < -0.4 is 4.90 Å². The van der Waals surface area contributed by atoms with E-state index in [0.29, 0.717) is 12.1 Å². The van der Waals surface area contributed by atoms with Gasteiger partial charge in [0.25, 0.3) is 0 Å². The SMILES string of the molecule is N#Cc1cccc(N2CCn3c(nnc3C(F)(F)F)C2)c1. The molecule has 0 spiro atoms. The lowest BCUT2D eigenvalue weighted by Gasteiger charge is -2.29. The van der Waals surface area contributed by atoms with Crippen LogP contribution in [0.5, 0.6) is 0 Å². The molecule has 2 aromatic rings. The minimum Gasteiger partial charge on any atom is -0.362 e. The summed E-state index contributed by atoms with van der Waals surface area (Å²) in [5, 5.41) is 15.8. The molecule has 0 bridgehead atoms. The van der Waals surface area contributed by atoms with Crippen LogP contribution >= 0.6 is 0 Å². The van der Waals surface area contributed by atoms with Gasteiger partial charge >= 0.3 is 6.18 Å². The summed E-state index contributed by atoms with van der Waals surface area (Å²) in [7, 11) is 0. The molecule has 1 aromatic carbocycles. The fourth-order valence-electron chi connectivity index (χ4n) is 2.36. The summed E-state index contributed by atoms with van der Waals surface area (Å²) in [5.74, 6) is -0.682. The van der Waals surface area contributed by atoms with Gasteiger partial charge in [-0.25, -0.2) is 0 Å². The van der Waals surface area contributed by atoms with Crippen molar-refractivity contribution in [1.82, 2.24) is 14.8 Å². The third-order valence-electron chi connectivity index (χ3n) is 3.35. The summed E-state index contributed by atoms with van der Waals surface area (Å²) in [6.45, 7) is 0.801. The van der Waals surface area contributed by atoms with Crippen molar-refractivity contribution in [2.75, 3.05) is 11.4 Å². The zero-order valence-electron chi connectivity index (χ0n) is 10.8. The maximum absolute atomic E-state index is 12.8. The highest BCUT2D eigenvalue weighted by molar-refractivity contribution is 5.51. The number of fused-ring (bicyclic) bond motifs is 1. The Kier molecular flexibility index (Phi) is 3.05. The Morgan fingerprint density at radius 3 is 2.71 bits per heavy atom. The molecule has 0 unspecified atom stereocenters. The highest BCUT2D eigenvalue weighted by atomic mass is 19.4. The molecular formula is C13H10F3N5. The average molecular weight is 293 g/mol. The lowest BCUT2D eigenvalue weighted by Crippen LogP contribution is -2.35. The first-order valence-corrected chi connectivity index (χ1v) is 6.23. The highest BCUT2D eigenvalue weighted by Gasteiger charge is 2.39. The van der Waals surface area contributed by atoms with Crippen LogP contribution in [0.1, 0.15) is 17.2 Å². The lowest BCUT2D eigenvalue weighted by atomic mass is 10.2. The standard InChI is InChI=1S/C13H10F3N5/c14-13(15,16)12-19-18-11-8-20(4-5-21(11)12)10-3-1-2-9(6-10)7-17/h1-3,6H,4-5,8H2. The fraction of sp³-hybridized carbons (Fsp3) is 0.308. The van der Waals surface area contributed by atoms with E-state index in [1.54, 1.807) is 18.2 Å². The van der Waals surface area contributed by atoms with E-state index in [0.717, 1.165) is 10.3 Å². The third-order valence-corrected chi connectivity index (χ3v) is 3.35. The molecule has 0 N–H and O–H groups in total. The van der Waals surface area contributed by atoms with Crippen molar-refractivity contribution in [2.45, 2.75) is 19.3 Å². The summed E-state index contributed by atoms with van der Waals surface area (Å²) in [4.78, 5) is 1.88. The smallest absolute Gasteiger partial charge is 0.362 e. The summed E-state index contributed by atoms with van der Waals surface area (Å²) in [6.07, 6.45) is -4.49. The van der Waals surface area contributed by atoms with E-state index in [4.69, 9.17) is 5.26 Å². The quantitative estimate of drug-likeness (QED) is 0.808.